The Labute approximate surface area is 161 Å². The fraction of sp³-hybridized carbons (Fsp3) is 0.889. The molecule has 1 saturated carbocycles. The van der Waals surface area contributed by atoms with Crippen LogP contribution < -0.4 is 5.14 Å². The number of rotatable bonds is 5. The smallest absolute Gasteiger partial charge is 0.410 e. The minimum Gasteiger partial charge on any atom is -0.444 e. The highest BCUT2D eigenvalue weighted by Crippen LogP contribution is 2.38. The quantitative estimate of drug-likeness (QED) is 0.732. The molecule has 0 bridgehead atoms. The van der Waals surface area contributed by atoms with Gasteiger partial charge in [-0.3, -0.25) is 10.0 Å². The Morgan fingerprint density at radius 3 is 2.31 bits per heavy atom. The first-order valence-electron chi connectivity index (χ1n) is 9.53. The van der Waals surface area contributed by atoms with Crippen LogP contribution in [0.4, 0.5) is 4.79 Å². The normalized spacial score (nSPS) is 24.6. The molecule has 2 saturated heterocycles. The van der Waals surface area contributed by atoms with Crippen molar-refractivity contribution < 1.29 is 9.53 Å². The van der Waals surface area contributed by atoms with Crippen LogP contribution in [0.2, 0.25) is 0 Å². The van der Waals surface area contributed by atoms with Crippen molar-refractivity contribution in [3.05, 3.63) is 0 Å². The Morgan fingerprint density at radius 2 is 1.85 bits per heavy atom. The first kappa shape index (κ1) is 19.7. The third kappa shape index (κ3) is 4.28. The highest BCUT2D eigenvalue weighted by Gasteiger charge is 2.49. The molecule has 0 unspecified atom stereocenters. The first-order valence-corrected chi connectivity index (χ1v) is 10.4. The number of hydrogen-bond acceptors (Lipinski definition) is 7. The number of hydrogen-bond donors (Lipinski definition) is 1. The predicted molar refractivity (Wildman–Crippen MR) is 102 cm³/mol. The molecule has 1 aliphatic carbocycles. The molecule has 7 nitrogen and oxygen atoms in total. The zero-order chi connectivity index (χ0) is 18.9. The van der Waals surface area contributed by atoms with Gasteiger partial charge in [0.2, 0.25) is 0 Å². The van der Waals surface area contributed by atoms with E-state index in [0.29, 0.717) is 12.5 Å². The number of nitrogens with two attached hydrogens (primary N) is 1. The third-order valence-corrected chi connectivity index (χ3v) is 6.13. The fourth-order valence-electron chi connectivity index (χ4n) is 4.14. The molecule has 3 aliphatic rings. The van der Waals surface area contributed by atoms with Gasteiger partial charge in [0.1, 0.15) is 5.60 Å². The number of nitriles is 1. The van der Waals surface area contributed by atoms with E-state index in [0.717, 1.165) is 51.9 Å². The lowest BCUT2D eigenvalue weighted by molar-refractivity contribution is -0.0379. The number of likely N-dealkylation sites (tertiary alicyclic amines) is 1. The molecule has 2 N–H and O–H groups in total. The molecule has 0 radical (unpaired) electrons. The summed E-state index contributed by atoms with van der Waals surface area (Å²) in [4.78, 5) is 17.1. The monoisotopic (exact) mass is 381 g/mol. The summed E-state index contributed by atoms with van der Waals surface area (Å²) in [6.45, 7) is 9.27. The van der Waals surface area contributed by atoms with E-state index in [-0.39, 0.29) is 17.7 Å². The first-order chi connectivity index (χ1) is 12.3. The molecule has 3 fully saturated rings. The standard InChI is InChI=1S/C18H31N5O2S/c1-17(2,3)25-16(24)23(14-4-5-14)15-6-10-21(11-7-15)18(8-9-19)12-22(13-18)26-20/h14-15H,4-8,10-13,20H2,1-3H3. The van der Waals surface area contributed by atoms with E-state index in [1.165, 1.54) is 12.1 Å². The SMILES string of the molecule is CC(C)(C)OC(=O)N(C1CC1)C1CCN(C2(CC#N)CN(SN)C2)CC1. The summed E-state index contributed by atoms with van der Waals surface area (Å²) in [6, 6.07) is 2.95. The second-order valence-electron chi connectivity index (χ2n) is 8.80. The molecular formula is C18H31N5O2S. The number of carbonyl (C=O) groups excluding carboxylic acids is 1. The van der Waals surface area contributed by atoms with Gasteiger partial charge >= 0.3 is 6.09 Å². The molecule has 8 heteroatoms. The lowest BCUT2D eigenvalue weighted by atomic mass is 9.84. The van der Waals surface area contributed by atoms with Crippen molar-refractivity contribution in [2.24, 2.45) is 5.14 Å². The van der Waals surface area contributed by atoms with Gasteiger partial charge in [-0.05, 0) is 46.5 Å². The van der Waals surface area contributed by atoms with Crippen molar-refractivity contribution in [1.29, 1.82) is 5.26 Å². The summed E-state index contributed by atoms with van der Waals surface area (Å²) >= 11 is 1.26. The van der Waals surface area contributed by atoms with Gasteiger partial charge in [0, 0.05) is 50.4 Å². The summed E-state index contributed by atoms with van der Waals surface area (Å²) in [5, 5.41) is 14.9. The predicted octanol–water partition coefficient (Wildman–Crippen LogP) is 2.34. The molecule has 3 rings (SSSR count). The average Bonchev–Trinajstić information content (AvgIpc) is 3.34. The largest absolute Gasteiger partial charge is 0.444 e. The lowest BCUT2D eigenvalue weighted by Gasteiger charge is -2.56. The Hall–Kier alpha value is -1.01. The summed E-state index contributed by atoms with van der Waals surface area (Å²) < 4.78 is 7.75. The molecule has 0 aromatic carbocycles. The Balaban J connectivity index is 1.60. The Morgan fingerprint density at radius 1 is 1.27 bits per heavy atom. The van der Waals surface area contributed by atoms with Crippen molar-refractivity contribution in [2.75, 3.05) is 26.2 Å². The van der Waals surface area contributed by atoms with Crippen LogP contribution in [0.1, 0.15) is 52.9 Å². The minimum atomic E-state index is -0.461. The molecular weight excluding hydrogens is 350 g/mol. The maximum absolute atomic E-state index is 12.7. The van der Waals surface area contributed by atoms with Gasteiger partial charge in [0.15, 0.2) is 0 Å². The van der Waals surface area contributed by atoms with Crippen LogP contribution in [0.25, 0.3) is 0 Å². The van der Waals surface area contributed by atoms with Gasteiger partial charge in [-0.1, -0.05) is 0 Å². The fourth-order valence-corrected chi connectivity index (χ4v) is 4.77. The van der Waals surface area contributed by atoms with Crippen molar-refractivity contribution >= 4 is 18.2 Å². The van der Waals surface area contributed by atoms with Crippen LogP contribution in [0, 0.1) is 11.3 Å². The van der Waals surface area contributed by atoms with Gasteiger partial charge in [0.25, 0.3) is 0 Å². The van der Waals surface area contributed by atoms with Gasteiger partial charge < -0.3 is 9.64 Å². The second kappa shape index (κ2) is 7.55. The maximum Gasteiger partial charge on any atom is 0.410 e. The average molecular weight is 382 g/mol. The number of nitrogens with zero attached hydrogens (tertiary/aromatic N) is 4. The van der Waals surface area contributed by atoms with E-state index >= 15 is 0 Å². The van der Waals surface area contributed by atoms with E-state index < -0.39 is 5.60 Å². The van der Waals surface area contributed by atoms with E-state index in [2.05, 4.69) is 15.3 Å². The molecule has 0 atom stereocenters. The molecule has 146 valence electrons. The topological polar surface area (TPSA) is 85.8 Å². The van der Waals surface area contributed by atoms with E-state index in [1.807, 2.05) is 25.7 Å². The Bertz CT molecular complexity index is 555. The minimum absolute atomic E-state index is 0.0670. The van der Waals surface area contributed by atoms with Gasteiger partial charge in [0.05, 0.1) is 18.0 Å². The molecule has 2 heterocycles. The summed E-state index contributed by atoms with van der Waals surface area (Å²) in [7, 11) is 0. The molecule has 0 spiro atoms. The third-order valence-electron chi connectivity index (χ3n) is 5.57. The second-order valence-corrected chi connectivity index (χ2v) is 9.53. The van der Waals surface area contributed by atoms with Gasteiger partial charge in [-0.15, -0.1) is 0 Å². The van der Waals surface area contributed by atoms with Gasteiger partial charge in [-0.25, -0.2) is 9.10 Å². The molecule has 2 aliphatic heterocycles. The van der Waals surface area contributed by atoms with E-state index in [1.54, 1.807) is 0 Å². The van der Waals surface area contributed by atoms with Crippen LogP contribution in [0.3, 0.4) is 0 Å². The van der Waals surface area contributed by atoms with Gasteiger partial charge in [-0.2, -0.15) is 5.26 Å². The number of carbonyl (C=O) groups is 1. The van der Waals surface area contributed by atoms with Crippen LogP contribution in [0.5, 0.6) is 0 Å². The van der Waals surface area contributed by atoms with Crippen LogP contribution in [-0.2, 0) is 4.74 Å². The lowest BCUT2D eigenvalue weighted by Crippen LogP contribution is -2.70. The number of ether oxygens (including phenoxy) is 1. The maximum atomic E-state index is 12.7. The molecule has 26 heavy (non-hydrogen) atoms. The highest BCUT2D eigenvalue weighted by molar-refractivity contribution is 7.94. The highest BCUT2D eigenvalue weighted by atomic mass is 32.2. The van der Waals surface area contributed by atoms with Crippen LogP contribution in [-0.4, -0.2) is 69.6 Å². The summed E-state index contributed by atoms with van der Waals surface area (Å²) in [6.07, 6.45) is 4.42. The van der Waals surface area contributed by atoms with Crippen LogP contribution in [0.15, 0.2) is 0 Å². The summed E-state index contributed by atoms with van der Waals surface area (Å²) in [5.74, 6) is 0. The van der Waals surface area contributed by atoms with Crippen LogP contribution >= 0.6 is 12.1 Å². The zero-order valence-corrected chi connectivity index (χ0v) is 16.9. The van der Waals surface area contributed by atoms with Crippen molar-refractivity contribution in [3.63, 3.8) is 0 Å². The van der Waals surface area contributed by atoms with Crippen molar-refractivity contribution in [3.8, 4) is 6.07 Å². The van der Waals surface area contributed by atoms with Crippen molar-refractivity contribution in [1.82, 2.24) is 14.1 Å². The molecule has 1 amide bonds. The number of amides is 1. The number of piperidine rings is 1. The Kier molecular flexibility index (Phi) is 5.73. The zero-order valence-electron chi connectivity index (χ0n) is 16.1. The summed E-state index contributed by atoms with van der Waals surface area (Å²) in [5.41, 5.74) is -0.528. The molecule has 0 aromatic heterocycles. The van der Waals surface area contributed by atoms with E-state index in [9.17, 15) is 10.1 Å². The van der Waals surface area contributed by atoms with E-state index in [4.69, 9.17) is 9.88 Å². The molecule has 0 aromatic rings. The van der Waals surface area contributed by atoms with Crippen molar-refractivity contribution in [2.45, 2.75) is 76.1 Å².